The summed E-state index contributed by atoms with van der Waals surface area (Å²) in [7, 11) is 0. The molecule has 0 radical (unpaired) electrons. The third-order valence-corrected chi connectivity index (χ3v) is 5.15. The number of nitrogens with zero attached hydrogens (tertiary/aromatic N) is 4. The first-order chi connectivity index (χ1) is 11.7. The van der Waals surface area contributed by atoms with Crippen molar-refractivity contribution in [1.29, 1.82) is 0 Å². The van der Waals surface area contributed by atoms with Gasteiger partial charge in [-0.05, 0) is 6.92 Å². The molecule has 0 spiro atoms. The number of hydrogen-bond donors (Lipinski definition) is 1. The van der Waals surface area contributed by atoms with E-state index in [4.69, 9.17) is 0 Å². The maximum Gasteiger partial charge on any atom is 0.275 e. The van der Waals surface area contributed by atoms with Crippen molar-refractivity contribution in [1.82, 2.24) is 24.8 Å². The highest BCUT2D eigenvalue weighted by molar-refractivity contribution is 7.19. The molecule has 1 aliphatic heterocycles. The average Bonchev–Trinajstić information content (AvgIpc) is 3.01. The predicted molar refractivity (Wildman–Crippen MR) is 95.5 cm³/mol. The molecule has 1 saturated heterocycles. The minimum Gasteiger partial charge on any atom is -0.314 e. The molecule has 0 unspecified atom stereocenters. The molecular weight excluding hydrogens is 322 g/mol. The molecule has 1 aliphatic rings. The van der Waals surface area contributed by atoms with Gasteiger partial charge < -0.3 is 5.32 Å². The molecule has 124 valence electrons. The molecular formula is C17H19N5OS. The molecule has 3 aromatic rings. The number of hydrogen-bond acceptors (Lipinski definition) is 6. The van der Waals surface area contributed by atoms with Crippen LogP contribution in [0, 0.1) is 6.92 Å². The largest absolute Gasteiger partial charge is 0.314 e. The summed E-state index contributed by atoms with van der Waals surface area (Å²) in [5.41, 5.74) is 2.92. The topological polar surface area (TPSA) is 62.5 Å². The van der Waals surface area contributed by atoms with Crippen LogP contribution in [0.5, 0.6) is 0 Å². The Kier molecular flexibility index (Phi) is 4.13. The number of aryl methyl sites for hydroxylation is 1. The van der Waals surface area contributed by atoms with Crippen LogP contribution in [-0.4, -0.2) is 45.7 Å². The number of fused-ring (bicyclic) bond motifs is 1. The number of benzene rings is 1. The second-order valence-corrected chi connectivity index (χ2v) is 7.04. The van der Waals surface area contributed by atoms with Gasteiger partial charge in [-0.2, -0.15) is 9.61 Å². The lowest BCUT2D eigenvalue weighted by molar-refractivity contribution is 0.231. The van der Waals surface area contributed by atoms with Crippen LogP contribution < -0.4 is 10.9 Å². The van der Waals surface area contributed by atoms with Crippen molar-refractivity contribution >= 4 is 16.3 Å². The summed E-state index contributed by atoms with van der Waals surface area (Å²) in [6.45, 7) is 6.71. The fourth-order valence-corrected chi connectivity index (χ4v) is 3.78. The third kappa shape index (κ3) is 3.10. The van der Waals surface area contributed by atoms with Gasteiger partial charge in [0, 0.05) is 44.4 Å². The van der Waals surface area contributed by atoms with E-state index in [9.17, 15) is 4.79 Å². The number of nitrogens with one attached hydrogen (secondary N) is 1. The van der Waals surface area contributed by atoms with Crippen molar-refractivity contribution in [3.05, 3.63) is 51.9 Å². The van der Waals surface area contributed by atoms with Crippen molar-refractivity contribution in [3.63, 3.8) is 0 Å². The van der Waals surface area contributed by atoms with E-state index in [0.29, 0.717) is 11.5 Å². The van der Waals surface area contributed by atoms with Crippen molar-refractivity contribution in [2.75, 3.05) is 26.2 Å². The predicted octanol–water partition coefficient (Wildman–Crippen LogP) is 1.53. The molecule has 7 heteroatoms. The van der Waals surface area contributed by atoms with Crippen LogP contribution in [0.1, 0.15) is 11.3 Å². The van der Waals surface area contributed by atoms with E-state index in [1.165, 1.54) is 21.4 Å². The molecule has 1 fully saturated rings. The SMILES string of the molecule is Cc1ccc(-c2nn3c(=O)cc(CN4CCNCC4)nc3s2)cc1. The number of aromatic nitrogens is 3. The highest BCUT2D eigenvalue weighted by atomic mass is 32.1. The molecule has 0 saturated carbocycles. The molecule has 0 atom stereocenters. The number of rotatable bonds is 3. The summed E-state index contributed by atoms with van der Waals surface area (Å²) in [5.74, 6) is 0. The van der Waals surface area contributed by atoms with E-state index >= 15 is 0 Å². The summed E-state index contributed by atoms with van der Waals surface area (Å²) in [6.07, 6.45) is 0. The Balaban J connectivity index is 1.67. The van der Waals surface area contributed by atoms with Gasteiger partial charge in [0.15, 0.2) is 0 Å². The molecule has 0 bridgehead atoms. The van der Waals surface area contributed by atoms with Crippen molar-refractivity contribution in [3.8, 4) is 10.6 Å². The summed E-state index contributed by atoms with van der Waals surface area (Å²) in [6, 6.07) is 9.76. The molecule has 3 heterocycles. The Bertz CT molecular complexity index is 909. The van der Waals surface area contributed by atoms with E-state index in [1.54, 1.807) is 6.07 Å². The first-order valence-electron chi connectivity index (χ1n) is 8.09. The maximum atomic E-state index is 12.4. The van der Waals surface area contributed by atoms with Gasteiger partial charge in [0.1, 0.15) is 5.01 Å². The summed E-state index contributed by atoms with van der Waals surface area (Å²) in [4.78, 5) is 20.0. The standard InChI is InChI=1S/C17H19N5OS/c1-12-2-4-13(5-3-12)16-20-22-15(23)10-14(19-17(22)24-16)11-21-8-6-18-7-9-21/h2-5,10,18H,6-9,11H2,1H3. The number of piperazine rings is 1. The zero-order chi connectivity index (χ0) is 16.5. The quantitative estimate of drug-likeness (QED) is 0.783. The molecule has 2 aromatic heterocycles. The molecule has 0 aliphatic carbocycles. The molecule has 0 amide bonds. The Morgan fingerprint density at radius 1 is 1.21 bits per heavy atom. The monoisotopic (exact) mass is 341 g/mol. The van der Waals surface area contributed by atoms with Gasteiger partial charge >= 0.3 is 0 Å². The summed E-state index contributed by atoms with van der Waals surface area (Å²) < 4.78 is 1.40. The van der Waals surface area contributed by atoms with Crippen LogP contribution in [0.3, 0.4) is 0 Å². The first kappa shape index (κ1) is 15.4. The van der Waals surface area contributed by atoms with Gasteiger partial charge in [0.25, 0.3) is 5.56 Å². The summed E-state index contributed by atoms with van der Waals surface area (Å²) >= 11 is 1.46. The van der Waals surface area contributed by atoms with Gasteiger partial charge in [-0.1, -0.05) is 41.2 Å². The zero-order valence-corrected chi connectivity index (χ0v) is 14.3. The van der Waals surface area contributed by atoms with Gasteiger partial charge in [-0.25, -0.2) is 4.98 Å². The highest BCUT2D eigenvalue weighted by Gasteiger charge is 2.14. The lowest BCUT2D eigenvalue weighted by atomic mass is 10.2. The van der Waals surface area contributed by atoms with Crippen LogP contribution in [-0.2, 0) is 6.54 Å². The van der Waals surface area contributed by atoms with Crippen LogP contribution in [0.2, 0.25) is 0 Å². The van der Waals surface area contributed by atoms with Crippen LogP contribution in [0.4, 0.5) is 0 Å². The maximum absolute atomic E-state index is 12.4. The zero-order valence-electron chi connectivity index (χ0n) is 13.5. The first-order valence-corrected chi connectivity index (χ1v) is 8.90. The normalized spacial score (nSPS) is 15.9. The van der Waals surface area contributed by atoms with Crippen molar-refractivity contribution < 1.29 is 0 Å². The third-order valence-electron chi connectivity index (χ3n) is 4.19. The smallest absolute Gasteiger partial charge is 0.275 e. The van der Waals surface area contributed by atoms with Gasteiger partial charge in [-0.3, -0.25) is 9.69 Å². The fourth-order valence-electron chi connectivity index (χ4n) is 2.85. The van der Waals surface area contributed by atoms with E-state index < -0.39 is 0 Å². The minimum atomic E-state index is -0.111. The van der Waals surface area contributed by atoms with Gasteiger partial charge in [-0.15, -0.1) is 0 Å². The van der Waals surface area contributed by atoms with Crippen LogP contribution >= 0.6 is 11.3 Å². The van der Waals surface area contributed by atoms with Gasteiger partial charge in [0.05, 0.1) is 5.69 Å². The van der Waals surface area contributed by atoms with E-state index in [-0.39, 0.29) is 5.56 Å². The van der Waals surface area contributed by atoms with E-state index in [0.717, 1.165) is 42.4 Å². The summed E-state index contributed by atoms with van der Waals surface area (Å²) in [5, 5.41) is 8.59. The van der Waals surface area contributed by atoms with Crippen LogP contribution in [0.15, 0.2) is 35.1 Å². The highest BCUT2D eigenvalue weighted by Crippen LogP contribution is 2.24. The van der Waals surface area contributed by atoms with Gasteiger partial charge in [0.2, 0.25) is 4.96 Å². The second-order valence-electron chi connectivity index (χ2n) is 6.08. The average molecular weight is 341 g/mol. The molecule has 4 rings (SSSR count). The van der Waals surface area contributed by atoms with E-state index in [1.807, 2.05) is 24.3 Å². The Labute approximate surface area is 143 Å². The van der Waals surface area contributed by atoms with Crippen LogP contribution in [0.25, 0.3) is 15.5 Å². The molecule has 1 N–H and O–H groups in total. The minimum absolute atomic E-state index is 0.111. The molecule has 24 heavy (non-hydrogen) atoms. The Hall–Kier alpha value is -2.09. The Morgan fingerprint density at radius 2 is 1.96 bits per heavy atom. The van der Waals surface area contributed by atoms with Crippen molar-refractivity contribution in [2.45, 2.75) is 13.5 Å². The molecule has 1 aromatic carbocycles. The van der Waals surface area contributed by atoms with E-state index in [2.05, 4.69) is 27.2 Å². The molecule has 6 nitrogen and oxygen atoms in total. The Morgan fingerprint density at radius 3 is 2.71 bits per heavy atom. The lowest BCUT2D eigenvalue weighted by Gasteiger charge is -2.26. The van der Waals surface area contributed by atoms with Crippen molar-refractivity contribution in [2.24, 2.45) is 0 Å². The fraction of sp³-hybridized carbons (Fsp3) is 0.353. The lowest BCUT2D eigenvalue weighted by Crippen LogP contribution is -2.43. The second kappa shape index (κ2) is 6.43.